The maximum Gasteiger partial charge on any atom is 0.249 e. The molecule has 1 atom stereocenters. The Morgan fingerprint density at radius 1 is 1.25 bits per heavy atom. The molecular formula is C13H19N5O2. The minimum Gasteiger partial charge on any atom is -0.371 e. The van der Waals surface area contributed by atoms with Crippen molar-refractivity contribution in [2.75, 3.05) is 18.4 Å². The van der Waals surface area contributed by atoms with Gasteiger partial charge in [-0.25, -0.2) is 0 Å². The zero-order valence-corrected chi connectivity index (χ0v) is 11.3. The molecule has 20 heavy (non-hydrogen) atoms. The molecule has 2 aliphatic heterocycles. The first kappa shape index (κ1) is 13.1. The lowest BCUT2D eigenvalue weighted by Crippen LogP contribution is -2.47. The van der Waals surface area contributed by atoms with Crippen molar-refractivity contribution in [3.8, 4) is 0 Å². The Labute approximate surface area is 117 Å². The molecule has 2 fully saturated rings. The van der Waals surface area contributed by atoms with Gasteiger partial charge in [-0.15, -0.1) is 0 Å². The fraction of sp³-hybridized carbons (Fsp3) is 0.615. The first-order chi connectivity index (χ1) is 9.72. The summed E-state index contributed by atoms with van der Waals surface area (Å²) in [6.45, 7) is 2.03. The summed E-state index contributed by atoms with van der Waals surface area (Å²) < 4.78 is 1.97. The van der Waals surface area contributed by atoms with E-state index in [2.05, 4.69) is 21.0 Å². The Bertz CT molecular complexity index is 507. The van der Waals surface area contributed by atoms with Crippen LogP contribution in [0.15, 0.2) is 12.4 Å². The van der Waals surface area contributed by atoms with Crippen molar-refractivity contribution in [3.05, 3.63) is 12.4 Å². The third kappa shape index (κ3) is 2.82. The summed E-state index contributed by atoms with van der Waals surface area (Å²) in [5.74, 6) is -0.450. The first-order valence-electron chi connectivity index (χ1n) is 7.07. The van der Waals surface area contributed by atoms with Gasteiger partial charge in [0.05, 0.1) is 17.9 Å². The molecule has 1 aromatic heterocycles. The van der Waals surface area contributed by atoms with E-state index in [4.69, 9.17) is 0 Å². The monoisotopic (exact) mass is 277 g/mol. The van der Waals surface area contributed by atoms with Crippen molar-refractivity contribution in [3.63, 3.8) is 0 Å². The van der Waals surface area contributed by atoms with Crippen LogP contribution in [0.25, 0.3) is 0 Å². The number of aromatic nitrogens is 2. The number of amides is 2. The van der Waals surface area contributed by atoms with Gasteiger partial charge in [0, 0.05) is 12.6 Å². The number of nitrogens with one attached hydrogen (secondary N) is 3. The molecule has 0 saturated carbocycles. The van der Waals surface area contributed by atoms with E-state index in [1.165, 1.54) is 0 Å². The zero-order valence-electron chi connectivity index (χ0n) is 11.3. The van der Waals surface area contributed by atoms with Gasteiger partial charge in [0.2, 0.25) is 11.8 Å². The SMILES string of the molecule is O=C1CCC(Nc2cnn(C3CCNCC3)c2)C(=O)N1. The van der Waals surface area contributed by atoms with Gasteiger partial charge in [-0.3, -0.25) is 19.6 Å². The maximum atomic E-state index is 11.7. The van der Waals surface area contributed by atoms with Crippen molar-refractivity contribution >= 4 is 17.5 Å². The summed E-state index contributed by atoms with van der Waals surface area (Å²) in [4.78, 5) is 22.8. The molecule has 0 radical (unpaired) electrons. The van der Waals surface area contributed by atoms with E-state index < -0.39 is 0 Å². The summed E-state index contributed by atoms with van der Waals surface area (Å²) in [6.07, 6.45) is 6.74. The number of piperidine rings is 2. The van der Waals surface area contributed by atoms with Crippen LogP contribution in [0.1, 0.15) is 31.7 Å². The molecule has 0 aromatic carbocycles. The van der Waals surface area contributed by atoms with Gasteiger partial charge in [0.15, 0.2) is 0 Å². The highest BCUT2D eigenvalue weighted by Gasteiger charge is 2.26. The number of carbonyl (C=O) groups excluding carboxylic acids is 2. The lowest BCUT2D eigenvalue weighted by molar-refractivity contribution is -0.133. The molecule has 3 heterocycles. The third-order valence-corrected chi connectivity index (χ3v) is 3.86. The summed E-state index contributed by atoms with van der Waals surface area (Å²) >= 11 is 0. The van der Waals surface area contributed by atoms with Crippen LogP contribution in [0.2, 0.25) is 0 Å². The van der Waals surface area contributed by atoms with Crippen LogP contribution in [0.4, 0.5) is 5.69 Å². The largest absolute Gasteiger partial charge is 0.371 e. The van der Waals surface area contributed by atoms with Crippen molar-refractivity contribution in [1.29, 1.82) is 0 Å². The van der Waals surface area contributed by atoms with Gasteiger partial charge in [0.1, 0.15) is 6.04 Å². The van der Waals surface area contributed by atoms with Crippen LogP contribution in [-0.4, -0.2) is 40.7 Å². The Morgan fingerprint density at radius 2 is 2.05 bits per heavy atom. The van der Waals surface area contributed by atoms with Gasteiger partial charge in [-0.1, -0.05) is 0 Å². The van der Waals surface area contributed by atoms with E-state index in [1.807, 2.05) is 10.9 Å². The molecule has 7 nitrogen and oxygen atoms in total. The minimum absolute atomic E-state index is 0.196. The Balaban J connectivity index is 1.62. The lowest BCUT2D eigenvalue weighted by Gasteiger charge is -2.23. The van der Waals surface area contributed by atoms with Gasteiger partial charge in [0.25, 0.3) is 0 Å². The molecule has 2 amide bonds. The smallest absolute Gasteiger partial charge is 0.249 e. The van der Waals surface area contributed by atoms with Crippen molar-refractivity contribution in [2.24, 2.45) is 0 Å². The average molecular weight is 277 g/mol. The topological polar surface area (TPSA) is 88.1 Å². The van der Waals surface area contributed by atoms with Crippen LogP contribution in [0, 0.1) is 0 Å². The molecule has 3 N–H and O–H groups in total. The fourth-order valence-electron chi connectivity index (χ4n) is 2.72. The summed E-state index contributed by atoms with van der Waals surface area (Å²) in [5.41, 5.74) is 0.832. The molecule has 7 heteroatoms. The number of rotatable bonds is 3. The second-order valence-corrected chi connectivity index (χ2v) is 5.34. The zero-order chi connectivity index (χ0) is 13.9. The lowest BCUT2D eigenvalue weighted by atomic mass is 10.1. The van der Waals surface area contributed by atoms with Crippen molar-refractivity contribution in [2.45, 2.75) is 37.8 Å². The quantitative estimate of drug-likeness (QED) is 0.678. The van der Waals surface area contributed by atoms with Gasteiger partial charge in [-0.05, 0) is 32.4 Å². The molecule has 0 aliphatic carbocycles. The summed E-state index contributed by atoms with van der Waals surface area (Å²) in [6, 6.07) is 0.0759. The summed E-state index contributed by atoms with van der Waals surface area (Å²) in [7, 11) is 0. The highest BCUT2D eigenvalue weighted by molar-refractivity contribution is 6.01. The summed E-state index contributed by atoms with van der Waals surface area (Å²) in [5, 5.41) is 13.2. The number of imide groups is 1. The number of hydrogen-bond donors (Lipinski definition) is 3. The second-order valence-electron chi connectivity index (χ2n) is 5.34. The molecule has 1 aromatic rings. The van der Waals surface area contributed by atoms with Gasteiger partial charge in [-0.2, -0.15) is 5.10 Å². The predicted molar refractivity (Wildman–Crippen MR) is 73.2 cm³/mol. The van der Waals surface area contributed by atoms with E-state index >= 15 is 0 Å². The van der Waals surface area contributed by atoms with E-state index in [-0.39, 0.29) is 17.9 Å². The third-order valence-electron chi connectivity index (χ3n) is 3.86. The average Bonchev–Trinajstić information content (AvgIpc) is 2.92. The molecule has 0 bridgehead atoms. The van der Waals surface area contributed by atoms with Gasteiger partial charge >= 0.3 is 0 Å². The van der Waals surface area contributed by atoms with E-state index in [9.17, 15) is 9.59 Å². The normalized spacial score (nSPS) is 24.5. The highest BCUT2D eigenvalue weighted by Crippen LogP contribution is 2.20. The standard InChI is InChI=1S/C13H19N5O2/c19-12-2-1-11(13(20)17-12)16-9-7-15-18(8-9)10-3-5-14-6-4-10/h7-8,10-11,14,16H,1-6H2,(H,17,19,20). The maximum absolute atomic E-state index is 11.7. The first-order valence-corrected chi connectivity index (χ1v) is 7.07. The molecule has 0 spiro atoms. The minimum atomic E-state index is -0.349. The van der Waals surface area contributed by atoms with Crippen LogP contribution in [0.5, 0.6) is 0 Å². The van der Waals surface area contributed by atoms with Crippen molar-refractivity contribution < 1.29 is 9.59 Å². The van der Waals surface area contributed by atoms with Crippen LogP contribution >= 0.6 is 0 Å². The molecular weight excluding hydrogens is 258 g/mol. The van der Waals surface area contributed by atoms with E-state index in [1.54, 1.807) is 6.20 Å². The Hall–Kier alpha value is -1.89. The molecule has 2 aliphatic rings. The van der Waals surface area contributed by atoms with Crippen LogP contribution in [0.3, 0.4) is 0 Å². The molecule has 1 unspecified atom stereocenters. The molecule has 3 rings (SSSR count). The Kier molecular flexibility index (Phi) is 3.68. The molecule has 2 saturated heterocycles. The van der Waals surface area contributed by atoms with Crippen molar-refractivity contribution in [1.82, 2.24) is 20.4 Å². The van der Waals surface area contributed by atoms with E-state index in [0.717, 1.165) is 31.6 Å². The number of nitrogens with zero attached hydrogens (tertiary/aromatic N) is 2. The molecule has 108 valence electrons. The Morgan fingerprint density at radius 3 is 2.80 bits per heavy atom. The van der Waals surface area contributed by atoms with E-state index in [0.29, 0.717) is 18.9 Å². The fourth-order valence-corrected chi connectivity index (χ4v) is 2.72. The number of carbonyl (C=O) groups is 2. The van der Waals surface area contributed by atoms with Crippen LogP contribution in [-0.2, 0) is 9.59 Å². The highest BCUT2D eigenvalue weighted by atomic mass is 16.2. The van der Waals surface area contributed by atoms with Gasteiger partial charge < -0.3 is 10.6 Å². The van der Waals surface area contributed by atoms with Crippen LogP contribution < -0.4 is 16.0 Å². The second kappa shape index (κ2) is 5.62. The number of hydrogen-bond acceptors (Lipinski definition) is 5. The predicted octanol–water partition coefficient (Wildman–Crippen LogP) is 0.0247. The number of anilines is 1.